The first kappa shape index (κ1) is 18.8. The van der Waals surface area contributed by atoms with Crippen molar-refractivity contribution >= 4 is 29.1 Å². The van der Waals surface area contributed by atoms with Crippen molar-refractivity contribution in [2.24, 2.45) is 0 Å². The van der Waals surface area contributed by atoms with E-state index >= 15 is 0 Å². The molecule has 2 N–H and O–H groups in total. The van der Waals surface area contributed by atoms with Crippen molar-refractivity contribution < 1.29 is 18.0 Å². The molecule has 2 aromatic carbocycles. The van der Waals surface area contributed by atoms with Gasteiger partial charge < -0.3 is 5.32 Å². The van der Waals surface area contributed by atoms with Gasteiger partial charge in [-0.1, -0.05) is 29.8 Å². The molecule has 0 atom stereocenters. The van der Waals surface area contributed by atoms with E-state index in [9.17, 15) is 18.0 Å². The van der Waals surface area contributed by atoms with E-state index in [1.165, 1.54) is 12.1 Å². The van der Waals surface area contributed by atoms with Crippen molar-refractivity contribution in [1.29, 1.82) is 0 Å². The highest BCUT2D eigenvalue weighted by atomic mass is 35.5. The van der Waals surface area contributed by atoms with E-state index in [0.29, 0.717) is 11.6 Å². The molecule has 5 nitrogen and oxygen atoms in total. The summed E-state index contributed by atoms with van der Waals surface area (Å²) in [5.41, 5.74) is 0.165. The zero-order chi connectivity index (χ0) is 19.4. The molecule has 1 heterocycles. The summed E-state index contributed by atoms with van der Waals surface area (Å²) in [5, 5.41) is 9.66. The molecule has 9 heteroatoms. The van der Waals surface area contributed by atoms with Gasteiger partial charge in [0.25, 0.3) is 0 Å². The number of urea groups is 1. The van der Waals surface area contributed by atoms with Gasteiger partial charge in [0.05, 0.1) is 12.1 Å². The van der Waals surface area contributed by atoms with Crippen molar-refractivity contribution in [2.75, 3.05) is 10.6 Å². The van der Waals surface area contributed by atoms with E-state index < -0.39 is 17.8 Å². The Balaban J connectivity index is 1.60. The predicted octanol–water partition coefficient (Wildman–Crippen LogP) is 5.25. The Morgan fingerprint density at radius 3 is 2.52 bits per heavy atom. The second-order valence-corrected chi connectivity index (χ2v) is 6.12. The molecule has 0 radical (unpaired) electrons. The Labute approximate surface area is 157 Å². The van der Waals surface area contributed by atoms with Crippen molar-refractivity contribution in [1.82, 2.24) is 9.78 Å². The van der Waals surface area contributed by atoms with Gasteiger partial charge in [-0.2, -0.15) is 18.3 Å². The third kappa shape index (κ3) is 5.24. The lowest BCUT2D eigenvalue weighted by Gasteiger charge is -2.10. The maximum Gasteiger partial charge on any atom is 0.416 e. The van der Waals surface area contributed by atoms with Crippen LogP contribution in [0.25, 0.3) is 0 Å². The van der Waals surface area contributed by atoms with Crippen LogP contribution in [0, 0.1) is 0 Å². The number of amides is 2. The van der Waals surface area contributed by atoms with Gasteiger partial charge in [-0.05, 0) is 35.9 Å². The minimum absolute atomic E-state index is 0.0305. The number of aromatic nitrogens is 2. The average Bonchev–Trinajstić information content (AvgIpc) is 3.03. The molecule has 2 amide bonds. The Morgan fingerprint density at radius 1 is 1.07 bits per heavy atom. The molecule has 0 fully saturated rings. The molecule has 0 aliphatic carbocycles. The Morgan fingerprint density at radius 2 is 1.81 bits per heavy atom. The number of nitrogens with one attached hydrogen (secondary N) is 2. The lowest BCUT2D eigenvalue weighted by atomic mass is 10.2. The Kier molecular flexibility index (Phi) is 5.36. The summed E-state index contributed by atoms with van der Waals surface area (Å²) in [6.45, 7) is 0.480. The second-order valence-electron chi connectivity index (χ2n) is 5.68. The van der Waals surface area contributed by atoms with E-state index in [0.717, 1.165) is 17.7 Å². The standard InChI is InChI=1S/C18H14ClF3N4O/c19-14-6-4-12(5-7-14)11-26-9-8-16(25-26)24-17(27)23-15-3-1-2-13(10-15)18(20,21)22/h1-10H,11H2,(H2,23,24,25,27). The summed E-state index contributed by atoms with van der Waals surface area (Å²) < 4.78 is 39.7. The minimum atomic E-state index is -4.48. The zero-order valence-electron chi connectivity index (χ0n) is 13.8. The number of hydrogen-bond donors (Lipinski definition) is 2. The molecule has 0 aliphatic rings. The van der Waals surface area contributed by atoms with E-state index in [1.54, 1.807) is 29.1 Å². The van der Waals surface area contributed by atoms with Gasteiger partial charge in [-0.15, -0.1) is 0 Å². The molecule has 0 saturated carbocycles. The van der Waals surface area contributed by atoms with Crippen LogP contribution < -0.4 is 10.6 Å². The van der Waals surface area contributed by atoms with Crippen LogP contribution in [-0.2, 0) is 12.7 Å². The first-order valence-corrected chi connectivity index (χ1v) is 8.20. The van der Waals surface area contributed by atoms with Crippen molar-refractivity contribution in [2.45, 2.75) is 12.7 Å². The number of anilines is 2. The van der Waals surface area contributed by atoms with Crippen LogP contribution in [0.2, 0.25) is 5.02 Å². The molecule has 0 saturated heterocycles. The van der Waals surface area contributed by atoms with Crippen LogP contribution in [-0.4, -0.2) is 15.8 Å². The predicted molar refractivity (Wildman–Crippen MR) is 96.9 cm³/mol. The lowest BCUT2D eigenvalue weighted by molar-refractivity contribution is -0.137. The highest BCUT2D eigenvalue weighted by Crippen LogP contribution is 2.30. The summed E-state index contributed by atoms with van der Waals surface area (Å²) in [6, 6.07) is 12.5. The molecule has 140 valence electrons. The van der Waals surface area contributed by atoms with Crippen LogP contribution in [0.4, 0.5) is 29.5 Å². The van der Waals surface area contributed by atoms with Crippen LogP contribution in [0.3, 0.4) is 0 Å². The van der Waals surface area contributed by atoms with Gasteiger partial charge in [-0.25, -0.2) is 4.79 Å². The largest absolute Gasteiger partial charge is 0.416 e. The fourth-order valence-corrected chi connectivity index (χ4v) is 2.47. The summed E-state index contributed by atoms with van der Waals surface area (Å²) >= 11 is 5.84. The molecule has 1 aromatic heterocycles. The van der Waals surface area contributed by atoms with Crippen LogP contribution in [0.15, 0.2) is 60.8 Å². The topological polar surface area (TPSA) is 59.0 Å². The van der Waals surface area contributed by atoms with E-state index in [4.69, 9.17) is 11.6 Å². The minimum Gasteiger partial charge on any atom is -0.308 e. The summed E-state index contributed by atoms with van der Waals surface area (Å²) in [5.74, 6) is 0.272. The van der Waals surface area contributed by atoms with E-state index in [1.807, 2.05) is 12.1 Å². The number of halogens is 4. The number of alkyl halides is 3. The smallest absolute Gasteiger partial charge is 0.308 e. The number of hydrogen-bond acceptors (Lipinski definition) is 2. The van der Waals surface area contributed by atoms with Gasteiger partial charge in [0, 0.05) is 23.0 Å². The molecule has 3 aromatic rings. The fraction of sp³-hybridized carbons (Fsp3) is 0.111. The number of carbonyl (C=O) groups excluding carboxylic acids is 1. The lowest BCUT2D eigenvalue weighted by Crippen LogP contribution is -2.20. The third-order valence-electron chi connectivity index (χ3n) is 3.59. The van der Waals surface area contributed by atoms with E-state index in [-0.39, 0.29) is 11.5 Å². The summed E-state index contributed by atoms with van der Waals surface area (Å²) in [4.78, 5) is 12.0. The molecule has 0 spiro atoms. The molecule has 27 heavy (non-hydrogen) atoms. The third-order valence-corrected chi connectivity index (χ3v) is 3.84. The van der Waals surface area contributed by atoms with Crippen LogP contribution in [0.1, 0.15) is 11.1 Å². The highest BCUT2D eigenvalue weighted by molar-refractivity contribution is 6.30. The second kappa shape index (κ2) is 7.71. The van der Waals surface area contributed by atoms with E-state index in [2.05, 4.69) is 15.7 Å². The fourth-order valence-electron chi connectivity index (χ4n) is 2.35. The Hall–Kier alpha value is -3.00. The highest BCUT2D eigenvalue weighted by Gasteiger charge is 2.30. The first-order chi connectivity index (χ1) is 12.8. The maximum absolute atomic E-state index is 12.7. The van der Waals surface area contributed by atoms with Gasteiger partial charge in [0.2, 0.25) is 0 Å². The zero-order valence-corrected chi connectivity index (χ0v) is 14.6. The van der Waals surface area contributed by atoms with Crippen LogP contribution in [0.5, 0.6) is 0 Å². The molecular formula is C18H14ClF3N4O. The first-order valence-electron chi connectivity index (χ1n) is 7.83. The summed E-state index contributed by atoms with van der Waals surface area (Å²) in [6.07, 6.45) is -2.80. The van der Waals surface area contributed by atoms with Gasteiger partial charge in [0.15, 0.2) is 5.82 Å². The number of rotatable bonds is 4. The number of benzene rings is 2. The molecule has 0 aliphatic heterocycles. The maximum atomic E-state index is 12.7. The van der Waals surface area contributed by atoms with Gasteiger partial charge >= 0.3 is 12.2 Å². The average molecular weight is 395 g/mol. The van der Waals surface area contributed by atoms with Gasteiger partial charge in [-0.3, -0.25) is 10.00 Å². The SMILES string of the molecule is O=C(Nc1cccc(C(F)(F)F)c1)Nc1ccn(Cc2ccc(Cl)cc2)n1. The number of nitrogens with zero attached hydrogens (tertiary/aromatic N) is 2. The quantitative estimate of drug-likeness (QED) is 0.635. The number of carbonyl (C=O) groups is 1. The molecule has 0 bridgehead atoms. The van der Waals surface area contributed by atoms with Crippen LogP contribution >= 0.6 is 11.6 Å². The van der Waals surface area contributed by atoms with Gasteiger partial charge in [0.1, 0.15) is 0 Å². The normalized spacial score (nSPS) is 11.3. The Bertz CT molecular complexity index is 938. The molecular weight excluding hydrogens is 381 g/mol. The van der Waals surface area contributed by atoms with Crippen molar-refractivity contribution in [3.63, 3.8) is 0 Å². The van der Waals surface area contributed by atoms with Crippen molar-refractivity contribution in [3.8, 4) is 0 Å². The molecule has 0 unspecified atom stereocenters. The summed E-state index contributed by atoms with van der Waals surface area (Å²) in [7, 11) is 0. The molecule has 3 rings (SSSR count). The van der Waals surface area contributed by atoms with Crippen molar-refractivity contribution in [3.05, 3.63) is 76.9 Å². The monoisotopic (exact) mass is 394 g/mol.